The Bertz CT molecular complexity index is 807. The number of nitrogens with zero attached hydrogens (tertiary/aromatic N) is 4. The monoisotopic (exact) mass is 366 g/mol. The van der Waals surface area contributed by atoms with Gasteiger partial charge in [-0.15, -0.1) is 0 Å². The number of para-hydroxylation sites is 1. The quantitative estimate of drug-likeness (QED) is 0.818. The average molecular weight is 366 g/mol. The van der Waals surface area contributed by atoms with Crippen LogP contribution < -0.4 is 4.90 Å². The maximum atomic E-state index is 13.2. The first-order valence-corrected chi connectivity index (χ1v) is 8.65. The molecule has 5 nitrogen and oxygen atoms in total. The fraction of sp³-hybridized carbons (Fsp3) is 0.500. The van der Waals surface area contributed by atoms with Gasteiger partial charge in [0.1, 0.15) is 5.82 Å². The molecule has 1 aromatic carbocycles. The summed E-state index contributed by atoms with van der Waals surface area (Å²) in [6.07, 6.45) is -3.93. The summed E-state index contributed by atoms with van der Waals surface area (Å²) in [5.41, 5.74) is 0.268. The fourth-order valence-electron chi connectivity index (χ4n) is 3.14. The molecule has 2 heterocycles. The highest BCUT2D eigenvalue weighted by Gasteiger charge is 2.36. The number of amides is 1. The highest BCUT2D eigenvalue weighted by Crippen LogP contribution is 2.32. The SMILES string of the molecule is CC(C)C(=O)N1CCCN(c2nc(C(F)(F)F)nc3ccccc23)CC1. The third-order valence-electron chi connectivity index (χ3n) is 4.44. The number of hydrogen-bond donors (Lipinski definition) is 0. The molecule has 8 heteroatoms. The number of fused-ring (bicyclic) bond motifs is 1. The Kier molecular flexibility index (Phi) is 5.02. The van der Waals surface area contributed by atoms with Crippen LogP contribution in [0.25, 0.3) is 10.9 Å². The summed E-state index contributed by atoms with van der Waals surface area (Å²) >= 11 is 0. The van der Waals surface area contributed by atoms with Crippen LogP contribution in [0.5, 0.6) is 0 Å². The summed E-state index contributed by atoms with van der Waals surface area (Å²) in [7, 11) is 0. The Morgan fingerprint density at radius 1 is 1.08 bits per heavy atom. The van der Waals surface area contributed by atoms with E-state index in [2.05, 4.69) is 9.97 Å². The topological polar surface area (TPSA) is 49.3 Å². The van der Waals surface area contributed by atoms with Crippen LogP contribution in [0.2, 0.25) is 0 Å². The predicted molar refractivity (Wildman–Crippen MR) is 92.8 cm³/mol. The lowest BCUT2D eigenvalue weighted by Crippen LogP contribution is -2.37. The summed E-state index contributed by atoms with van der Waals surface area (Å²) in [6, 6.07) is 6.70. The molecule has 0 spiro atoms. The lowest BCUT2D eigenvalue weighted by Gasteiger charge is -2.25. The molecule has 26 heavy (non-hydrogen) atoms. The van der Waals surface area contributed by atoms with E-state index in [-0.39, 0.29) is 23.2 Å². The first-order valence-electron chi connectivity index (χ1n) is 8.65. The molecule has 0 saturated carbocycles. The van der Waals surface area contributed by atoms with Crippen LogP contribution in [0.4, 0.5) is 19.0 Å². The normalized spacial score (nSPS) is 16.2. The van der Waals surface area contributed by atoms with Gasteiger partial charge in [0.15, 0.2) is 0 Å². The van der Waals surface area contributed by atoms with Crippen LogP contribution in [0, 0.1) is 5.92 Å². The molecule has 3 rings (SSSR count). The van der Waals surface area contributed by atoms with Crippen molar-refractivity contribution in [2.24, 2.45) is 5.92 Å². The van der Waals surface area contributed by atoms with Crippen LogP contribution in [0.1, 0.15) is 26.1 Å². The predicted octanol–water partition coefficient (Wildman–Crippen LogP) is 3.34. The lowest BCUT2D eigenvalue weighted by molar-refractivity contribution is -0.144. The Hall–Kier alpha value is -2.38. The zero-order valence-corrected chi connectivity index (χ0v) is 14.8. The largest absolute Gasteiger partial charge is 0.451 e. The summed E-state index contributed by atoms with van der Waals surface area (Å²) in [6.45, 7) is 5.74. The molecule has 1 aromatic heterocycles. The number of carbonyl (C=O) groups excluding carboxylic acids is 1. The van der Waals surface area contributed by atoms with E-state index >= 15 is 0 Å². The minimum absolute atomic E-state index is 0.0652. The van der Waals surface area contributed by atoms with Crippen LogP contribution >= 0.6 is 0 Å². The van der Waals surface area contributed by atoms with Gasteiger partial charge >= 0.3 is 6.18 Å². The Morgan fingerprint density at radius 2 is 1.81 bits per heavy atom. The van der Waals surface area contributed by atoms with E-state index in [0.717, 1.165) is 0 Å². The van der Waals surface area contributed by atoms with Gasteiger partial charge < -0.3 is 9.80 Å². The standard InChI is InChI=1S/C18H21F3N4O/c1-12(2)16(26)25-9-5-8-24(10-11-25)15-13-6-3-4-7-14(13)22-17(23-15)18(19,20)21/h3-4,6-7,12H,5,8-11H2,1-2H3. The number of hydrogen-bond acceptors (Lipinski definition) is 4. The number of alkyl halides is 3. The number of anilines is 1. The van der Waals surface area contributed by atoms with E-state index in [9.17, 15) is 18.0 Å². The summed E-state index contributed by atoms with van der Waals surface area (Å²) in [5, 5.41) is 0.587. The van der Waals surface area contributed by atoms with E-state index in [0.29, 0.717) is 38.0 Å². The van der Waals surface area contributed by atoms with Crippen molar-refractivity contribution in [2.75, 3.05) is 31.1 Å². The Balaban J connectivity index is 1.95. The van der Waals surface area contributed by atoms with E-state index in [4.69, 9.17) is 0 Å². The van der Waals surface area contributed by atoms with Gasteiger partial charge in [0.25, 0.3) is 0 Å². The van der Waals surface area contributed by atoms with Crippen LogP contribution in [-0.4, -0.2) is 47.0 Å². The second kappa shape index (κ2) is 7.09. The highest BCUT2D eigenvalue weighted by atomic mass is 19.4. The number of rotatable bonds is 2. The van der Waals surface area contributed by atoms with E-state index in [1.54, 1.807) is 29.2 Å². The maximum absolute atomic E-state index is 13.2. The Labute approximate surface area is 149 Å². The zero-order chi connectivity index (χ0) is 18.9. The first kappa shape index (κ1) is 18.4. The molecule has 0 radical (unpaired) electrons. The van der Waals surface area contributed by atoms with E-state index in [1.807, 2.05) is 18.7 Å². The molecule has 1 aliphatic rings. The summed E-state index contributed by atoms with van der Waals surface area (Å²) in [5.74, 6) is -0.888. The van der Waals surface area contributed by atoms with Gasteiger partial charge in [-0.2, -0.15) is 13.2 Å². The van der Waals surface area contributed by atoms with E-state index < -0.39 is 12.0 Å². The molecule has 0 aliphatic carbocycles. The molecule has 1 amide bonds. The van der Waals surface area contributed by atoms with Crippen molar-refractivity contribution in [1.82, 2.24) is 14.9 Å². The lowest BCUT2D eigenvalue weighted by atomic mass is 10.2. The number of halogens is 3. The summed E-state index contributed by atoms with van der Waals surface area (Å²) < 4.78 is 39.6. The molecule has 1 aliphatic heterocycles. The minimum atomic E-state index is -4.61. The molecule has 1 fully saturated rings. The minimum Gasteiger partial charge on any atom is -0.354 e. The van der Waals surface area contributed by atoms with Crippen molar-refractivity contribution in [3.63, 3.8) is 0 Å². The Morgan fingerprint density at radius 3 is 2.50 bits per heavy atom. The van der Waals surface area contributed by atoms with Gasteiger partial charge in [0, 0.05) is 37.5 Å². The molecule has 0 N–H and O–H groups in total. The van der Waals surface area contributed by atoms with Crippen LogP contribution in [0.15, 0.2) is 24.3 Å². The fourth-order valence-corrected chi connectivity index (χ4v) is 3.14. The van der Waals surface area contributed by atoms with Gasteiger partial charge in [-0.05, 0) is 18.6 Å². The molecule has 0 unspecified atom stereocenters. The second-order valence-corrected chi connectivity index (χ2v) is 6.71. The van der Waals surface area contributed by atoms with Crippen LogP contribution in [-0.2, 0) is 11.0 Å². The van der Waals surface area contributed by atoms with Crippen molar-refractivity contribution < 1.29 is 18.0 Å². The van der Waals surface area contributed by atoms with Crippen molar-refractivity contribution in [2.45, 2.75) is 26.4 Å². The third kappa shape index (κ3) is 3.73. The first-order chi connectivity index (χ1) is 12.3. The van der Waals surface area contributed by atoms with Gasteiger partial charge in [-0.25, -0.2) is 9.97 Å². The average Bonchev–Trinajstić information content (AvgIpc) is 2.85. The maximum Gasteiger partial charge on any atom is 0.451 e. The van der Waals surface area contributed by atoms with Gasteiger partial charge in [0.2, 0.25) is 11.7 Å². The number of benzene rings is 1. The third-order valence-corrected chi connectivity index (χ3v) is 4.44. The van der Waals surface area contributed by atoms with Crippen molar-refractivity contribution in [3.05, 3.63) is 30.1 Å². The zero-order valence-electron chi connectivity index (χ0n) is 14.8. The van der Waals surface area contributed by atoms with Gasteiger partial charge in [0.05, 0.1) is 5.52 Å². The molecule has 2 aromatic rings. The van der Waals surface area contributed by atoms with Gasteiger partial charge in [-0.3, -0.25) is 4.79 Å². The smallest absolute Gasteiger partial charge is 0.354 e. The van der Waals surface area contributed by atoms with Crippen molar-refractivity contribution in [3.8, 4) is 0 Å². The number of carbonyl (C=O) groups is 1. The molecule has 140 valence electrons. The van der Waals surface area contributed by atoms with Crippen molar-refractivity contribution >= 4 is 22.6 Å². The second-order valence-electron chi connectivity index (χ2n) is 6.71. The highest BCUT2D eigenvalue weighted by molar-refractivity contribution is 5.89. The summed E-state index contributed by atoms with van der Waals surface area (Å²) in [4.78, 5) is 23.3. The number of aromatic nitrogens is 2. The molecular formula is C18H21F3N4O. The van der Waals surface area contributed by atoms with Crippen LogP contribution in [0.3, 0.4) is 0 Å². The van der Waals surface area contributed by atoms with Gasteiger partial charge in [-0.1, -0.05) is 26.0 Å². The van der Waals surface area contributed by atoms with Crippen molar-refractivity contribution in [1.29, 1.82) is 0 Å². The molecule has 0 bridgehead atoms. The molecule has 1 saturated heterocycles. The molecular weight excluding hydrogens is 345 g/mol. The molecule has 0 atom stereocenters. The van der Waals surface area contributed by atoms with E-state index in [1.165, 1.54) is 0 Å².